The highest BCUT2D eigenvalue weighted by Crippen LogP contribution is 2.43. The number of Topliss-reactive ketones (excluding diaryl/α,β-unsaturated/α-hetero) is 2. The number of halogens is 10. The highest BCUT2D eigenvalue weighted by Gasteiger charge is 2.41. The average Bonchev–Trinajstić information content (AvgIpc) is 2.78. The number of ketones is 2. The molecule has 1 unspecified atom stereocenters. The first kappa shape index (κ1) is 31.1. The van der Waals surface area contributed by atoms with Crippen LogP contribution < -0.4 is 0 Å². The van der Waals surface area contributed by atoms with E-state index in [0.29, 0.717) is 6.07 Å². The first-order chi connectivity index (χ1) is 16.9. The second-order valence-electron chi connectivity index (χ2n) is 8.42. The van der Waals surface area contributed by atoms with Gasteiger partial charge in [-0.15, -0.1) is 0 Å². The van der Waals surface area contributed by atoms with E-state index >= 15 is 0 Å². The minimum Gasteiger partial charge on any atom is -0.300 e. The molecule has 0 spiro atoms. The Bertz CT molecular complexity index is 1180. The zero-order valence-electron chi connectivity index (χ0n) is 19.3. The standard InChI is InChI=1S/C25H20Cl3F7O2/c1-3-15(36)6-12(2)7-22(37)16-5-4-13(8-18(16)25(33,34)35)21(29)11-17(24(30,31)32)14-9-19(26)23(28)20(27)10-14/h4-5,8-12,17H,3,6-7H2,1-2H3/b21-11-/t12-,17?/m1/s1. The summed E-state index contributed by atoms with van der Waals surface area (Å²) < 4.78 is 97.4. The Morgan fingerprint density at radius 2 is 1.51 bits per heavy atom. The predicted octanol–water partition coefficient (Wildman–Crippen LogP) is 9.90. The van der Waals surface area contributed by atoms with Crippen LogP contribution in [0.3, 0.4) is 0 Å². The van der Waals surface area contributed by atoms with Crippen LogP contribution in [0.1, 0.15) is 66.1 Å². The third-order valence-corrected chi connectivity index (χ3v) is 6.63. The molecule has 2 nitrogen and oxygen atoms in total. The van der Waals surface area contributed by atoms with Crippen molar-refractivity contribution in [2.45, 2.75) is 51.4 Å². The topological polar surface area (TPSA) is 34.1 Å². The van der Waals surface area contributed by atoms with Crippen LogP contribution in [-0.2, 0) is 11.0 Å². The van der Waals surface area contributed by atoms with E-state index in [1.807, 2.05) is 0 Å². The van der Waals surface area contributed by atoms with Crippen LogP contribution in [0.15, 0.2) is 36.4 Å². The number of allylic oxidation sites excluding steroid dienone is 1. The second-order valence-corrected chi connectivity index (χ2v) is 9.61. The molecule has 2 atom stereocenters. The number of carbonyl (C=O) groups excluding carboxylic acids is 2. The van der Waals surface area contributed by atoms with Crippen LogP contribution in [-0.4, -0.2) is 17.7 Å². The Balaban J connectivity index is 2.51. The molecule has 0 bridgehead atoms. The van der Waals surface area contributed by atoms with E-state index in [1.54, 1.807) is 6.92 Å². The van der Waals surface area contributed by atoms with Crippen molar-refractivity contribution in [2.75, 3.05) is 0 Å². The quantitative estimate of drug-likeness (QED) is 0.165. The van der Waals surface area contributed by atoms with Gasteiger partial charge in [-0.2, -0.15) is 26.3 Å². The van der Waals surface area contributed by atoms with Gasteiger partial charge < -0.3 is 0 Å². The fourth-order valence-corrected chi connectivity index (χ4v) is 4.19. The molecule has 2 aromatic carbocycles. The highest BCUT2D eigenvalue weighted by molar-refractivity contribution is 6.48. The van der Waals surface area contributed by atoms with E-state index in [0.717, 1.165) is 18.2 Å². The minimum absolute atomic E-state index is 0.00337. The Kier molecular flexibility index (Phi) is 10.2. The lowest BCUT2D eigenvalue weighted by Crippen LogP contribution is -2.19. The summed E-state index contributed by atoms with van der Waals surface area (Å²) in [6.45, 7) is 3.14. The average molecular weight is 592 g/mol. The van der Waals surface area contributed by atoms with Crippen molar-refractivity contribution in [3.05, 3.63) is 73.7 Å². The Morgan fingerprint density at radius 3 is 2.00 bits per heavy atom. The molecule has 12 heteroatoms. The second kappa shape index (κ2) is 12.2. The largest absolute Gasteiger partial charge is 0.417 e. The summed E-state index contributed by atoms with van der Waals surface area (Å²) in [5.74, 6) is -5.87. The predicted molar refractivity (Wildman–Crippen MR) is 129 cm³/mol. The molecule has 0 heterocycles. The van der Waals surface area contributed by atoms with Crippen LogP contribution in [0.25, 0.3) is 5.83 Å². The van der Waals surface area contributed by atoms with E-state index in [4.69, 9.17) is 34.8 Å². The molecule has 2 rings (SSSR count). The third kappa shape index (κ3) is 8.19. The van der Waals surface area contributed by atoms with E-state index < -0.39 is 58.1 Å². The molecule has 0 aliphatic heterocycles. The van der Waals surface area contributed by atoms with Gasteiger partial charge in [-0.25, -0.2) is 4.39 Å². The molecule has 0 aliphatic carbocycles. The fraction of sp³-hybridized carbons (Fsp3) is 0.360. The number of carbonyl (C=O) groups is 2. The Morgan fingerprint density at radius 1 is 0.946 bits per heavy atom. The van der Waals surface area contributed by atoms with Crippen molar-refractivity contribution < 1.29 is 40.3 Å². The van der Waals surface area contributed by atoms with Gasteiger partial charge in [-0.05, 0) is 35.8 Å². The van der Waals surface area contributed by atoms with E-state index in [9.17, 15) is 40.3 Å². The molecule has 0 fully saturated rings. The molecular weight excluding hydrogens is 572 g/mol. The smallest absolute Gasteiger partial charge is 0.300 e. The Labute approximate surface area is 223 Å². The van der Waals surface area contributed by atoms with Gasteiger partial charge in [0.2, 0.25) is 0 Å². The van der Waals surface area contributed by atoms with E-state index in [1.165, 1.54) is 6.92 Å². The molecule has 0 saturated carbocycles. The highest BCUT2D eigenvalue weighted by atomic mass is 35.5. The number of hydrogen-bond acceptors (Lipinski definition) is 2. The van der Waals surface area contributed by atoms with Crippen LogP contribution in [0, 0.1) is 5.92 Å². The molecule has 0 N–H and O–H groups in total. The summed E-state index contributed by atoms with van der Waals surface area (Å²) in [7, 11) is 0. The molecule has 0 saturated heterocycles. The summed E-state index contributed by atoms with van der Waals surface area (Å²) >= 11 is 17.3. The lowest BCUT2D eigenvalue weighted by Gasteiger charge is -2.19. The molecule has 37 heavy (non-hydrogen) atoms. The van der Waals surface area contributed by atoms with Crippen LogP contribution in [0.4, 0.5) is 30.7 Å². The van der Waals surface area contributed by atoms with Gasteiger partial charge in [0, 0.05) is 30.4 Å². The SMILES string of the molecule is CCC(=O)C[C@@H](C)CC(=O)c1ccc(/C(F)=C/C(c2cc(Cl)c(Cl)c(Cl)c2)C(F)(F)F)cc1C(F)(F)F. The van der Waals surface area contributed by atoms with Gasteiger partial charge in [0.25, 0.3) is 0 Å². The lowest BCUT2D eigenvalue weighted by molar-refractivity contribution is -0.140. The normalized spacial score (nSPS) is 14.4. The summed E-state index contributed by atoms with van der Waals surface area (Å²) in [6, 6.07) is 3.42. The van der Waals surface area contributed by atoms with Gasteiger partial charge in [0.15, 0.2) is 5.78 Å². The third-order valence-electron chi connectivity index (χ3n) is 5.44. The van der Waals surface area contributed by atoms with E-state index in [2.05, 4.69) is 0 Å². The number of benzene rings is 2. The van der Waals surface area contributed by atoms with Crippen LogP contribution >= 0.6 is 34.8 Å². The molecule has 0 aromatic heterocycles. The fourth-order valence-electron chi connectivity index (χ4n) is 3.58. The first-order valence-electron chi connectivity index (χ1n) is 10.8. The molecular formula is C25H20Cl3F7O2. The Hall–Kier alpha value is -2.10. The maximum absolute atomic E-state index is 15.0. The summed E-state index contributed by atoms with van der Waals surface area (Å²) in [6.07, 6.45) is -10.3. The van der Waals surface area contributed by atoms with Crippen molar-refractivity contribution in [3.63, 3.8) is 0 Å². The molecule has 0 aliphatic rings. The summed E-state index contributed by atoms with van der Waals surface area (Å²) in [5.41, 5.74) is -3.68. The van der Waals surface area contributed by atoms with Gasteiger partial charge in [-0.1, -0.05) is 60.8 Å². The summed E-state index contributed by atoms with van der Waals surface area (Å²) in [4.78, 5) is 24.1. The lowest BCUT2D eigenvalue weighted by atomic mass is 9.91. The minimum atomic E-state index is -5.11. The maximum atomic E-state index is 15.0. The van der Waals surface area contributed by atoms with Crippen molar-refractivity contribution in [1.29, 1.82) is 0 Å². The van der Waals surface area contributed by atoms with Crippen molar-refractivity contribution in [3.8, 4) is 0 Å². The van der Waals surface area contributed by atoms with Crippen LogP contribution in [0.5, 0.6) is 0 Å². The van der Waals surface area contributed by atoms with Crippen molar-refractivity contribution >= 4 is 52.2 Å². The zero-order valence-corrected chi connectivity index (χ0v) is 21.6. The van der Waals surface area contributed by atoms with Gasteiger partial charge in [0.05, 0.1) is 20.6 Å². The monoisotopic (exact) mass is 590 g/mol. The molecule has 2 aromatic rings. The molecule has 0 amide bonds. The van der Waals surface area contributed by atoms with Gasteiger partial charge in [0.1, 0.15) is 17.5 Å². The van der Waals surface area contributed by atoms with Crippen molar-refractivity contribution in [1.82, 2.24) is 0 Å². The van der Waals surface area contributed by atoms with Gasteiger partial charge in [-0.3, -0.25) is 9.59 Å². The van der Waals surface area contributed by atoms with Crippen LogP contribution in [0.2, 0.25) is 15.1 Å². The summed E-state index contributed by atoms with van der Waals surface area (Å²) in [5, 5.41) is -0.880. The number of alkyl halides is 6. The molecule has 202 valence electrons. The number of hydrogen-bond donors (Lipinski definition) is 0. The molecule has 0 radical (unpaired) electrons. The maximum Gasteiger partial charge on any atom is 0.417 e. The first-order valence-corrected chi connectivity index (χ1v) is 11.9. The number of rotatable bonds is 9. The van der Waals surface area contributed by atoms with E-state index in [-0.39, 0.29) is 52.3 Å². The van der Waals surface area contributed by atoms with Gasteiger partial charge >= 0.3 is 12.4 Å². The van der Waals surface area contributed by atoms with Crippen molar-refractivity contribution in [2.24, 2.45) is 5.92 Å². The zero-order chi connectivity index (χ0) is 28.3.